The van der Waals surface area contributed by atoms with Gasteiger partial charge in [-0.3, -0.25) is 4.57 Å². The molecule has 0 spiro atoms. The van der Waals surface area contributed by atoms with E-state index in [-0.39, 0.29) is 12.2 Å². The summed E-state index contributed by atoms with van der Waals surface area (Å²) in [7, 11) is -3.48. The van der Waals surface area contributed by atoms with Gasteiger partial charge in [0.2, 0.25) is 0 Å². The van der Waals surface area contributed by atoms with Crippen molar-refractivity contribution in [2.45, 2.75) is 89.1 Å². The molecule has 0 amide bonds. The van der Waals surface area contributed by atoms with Crippen molar-refractivity contribution in [3.63, 3.8) is 0 Å². The Morgan fingerprint density at radius 3 is 1.81 bits per heavy atom. The predicted molar refractivity (Wildman–Crippen MR) is 128 cm³/mol. The predicted octanol–water partition coefficient (Wildman–Crippen LogP) is 8.00. The highest BCUT2D eigenvalue weighted by atomic mass is 31.2. The Bertz CT molecular complexity index is 819. The van der Waals surface area contributed by atoms with Crippen LogP contribution in [-0.2, 0) is 13.6 Å². The number of rotatable bonds is 8. The van der Waals surface area contributed by atoms with Crippen molar-refractivity contribution in [3.8, 4) is 0 Å². The molecular weight excluding hydrogens is 405 g/mol. The third kappa shape index (κ3) is 6.22. The molecule has 2 aromatic carbocycles. The maximum Gasteiger partial charge on any atom is 0.357 e. The lowest BCUT2D eigenvalue weighted by Crippen LogP contribution is -2.25. The average molecular weight is 442 g/mol. The van der Waals surface area contributed by atoms with Gasteiger partial charge in [0, 0.05) is 5.69 Å². The lowest BCUT2D eigenvalue weighted by Gasteiger charge is -2.36. The number of para-hydroxylation sites is 1. The second kappa shape index (κ2) is 10.8. The summed E-state index contributed by atoms with van der Waals surface area (Å²) >= 11 is 0. The number of anilines is 1. The minimum atomic E-state index is -3.48. The summed E-state index contributed by atoms with van der Waals surface area (Å²) in [6, 6.07) is 18.2. The van der Waals surface area contributed by atoms with E-state index >= 15 is 0 Å². The van der Waals surface area contributed by atoms with E-state index in [4.69, 9.17) is 9.05 Å². The lowest BCUT2D eigenvalue weighted by atomic mass is 9.98. The molecule has 0 aromatic heterocycles. The van der Waals surface area contributed by atoms with Gasteiger partial charge in [-0.25, -0.2) is 0 Å². The molecule has 0 saturated heterocycles. The third-order valence-corrected chi connectivity index (χ3v) is 8.73. The molecule has 4 nitrogen and oxygen atoms in total. The molecule has 0 radical (unpaired) electrons. The highest BCUT2D eigenvalue weighted by Crippen LogP contribution is 2.63. The van der Waals surface area contributed by atoms with Gasteiger partial charge in [0.15, 0.2) is 5.78 Å². The highest BCUT2D eigenvalue weighted by molar-refractivity contribution is 7.54. The summed E-state index contributed by atoms with van der Waals surface area (Å²) in [4.78, 5) is 0. The van der Waals surface area contributed by atoms with Crippen molar-refractivity contribution in [3.05, 3.63) is 65.7 Å². The molecule has 2 saturated carbocycles. The van der Waals surface area contributed by atoms with Gasteiger partial charge >= 0.3 is 7.60 Å². The molecule has 2 aliphatic carbocycles. The first kappa shape index (κ1) is 22.6. The number of aryl methyl sites for hydroxylation is 1. The Hall–Kier alpha value is -1.61. The summed E-state index contributed by atoms with van der Waals surface area (Å²) in [5, 5.41) is 3.52. The fourth-order valence-corrected chi connectivity index (χ4v) is 7.08. The van der Waals surface area contributed by atoms with E-state index in [1.807, 2.05) is 30.3 Å². The standard InChI is InChI=1S/C26H36NO3P/c1-21-17-19-22(20-18-21)26(27-23-11-5-2-6-12-23)31(28,29-24-13-7-3-8-14-24)30-25-15-9-4-10-16-25/h2,5-6,11-12,17-20,24-27H,3-4,7-10,13-16H2,1H3/t26-/m1/s1. The Kier molecular flexibility index (Phi) is 7.87. The number of nitrogens with one attached hydrogen (secondary N) is 1. The van der Waals surface area contributed by atoms with Crippen LogP contribution in [0.25, 0.3) is 0 Å². The first-order valence-electron chi connectivity index (χ1n) is 12.0. The molecule has 5 heteroatoms. The van der Waals surface area contributed by atoms with E-state index < -0.39 is 13.4 Å². The SMILES string of the molecule is Cc1ccc([C@H](Nc2ccccc2)P(=O)(OC2CCCCC2)OC2CCCCC2)cc1. The zero-order chi connectivity index (χ0) is 21.5. The van der Waals surface area contributed by atoms with Gasteiger partial charge in [-0.1, -0.05) is 86.6 Å². The smallest absolute Gasteiger partial charge is 0.357 e. The third-order valence-electron chi connectivity index (χ3n) is 6.48. The van der Waals surface area contributed by atoms with Crippen LogP contribution in [0.2, 0.25) is 0 Å². The van der Waals surface area contributed by atoms with Crippen LogP contribution in [0.3, 0.4) is 0 Å². The first-order chi connectivity index (χ1) is 15.1. The van der Waals surface area contributed by atoms with Crippen molar-refractivity contribution >= 4 is 13.3 Å². The van der Waals surface area contributed by atoms with E-state index in [0.29, 0.717) is 0 Å². The Morgan fingerprint density at radius 1 is 0.774 bits per heavy atom. The molecular formula is C26H36NO3P. The van der Waals surface area contributed by atoms with Crippen LogP contribution in [0.4, 0.5) is 5.69 Å². The van der Waals surface area contributed by atoms with Gasteiger partial charge < -0.3 is 14.4 Å². The molecule has 168 valence electrons. The van der Waals surface area contributed by atoms with Gasteiger partial charge in [-0.05, 0) is 50.3 Å². The zero-order valence-electron chi connectivity index (χ0n) is 18.7. The van der Waals surface area contributed by atoms with Crippen molar-refractivity contribution in [1.29, 1.82) is 0 Å². The van der Waals surface area contributed by atoms with Gasteiger partial charge in [0.25, 0.3) is 0 Å². The van der Waals surface area contributed by atoms with E-state index in [1.165, 1.54) is 18.4 Å². The van der Waals surface area contributed by atoms with Crippen LogP contribution in [0.1, 0.15) is 81.1 Å². The molecule has 0 aliphatic heterocycles. The van der Waals surface area contributed by atoms with Crippen LogP contribution in [0.5, 0.6) is 0 Å². The van der Waals surface area contributed by atoms with E-state index in [1.54, 1.807) is 0 Å². The normalized spacial score (nSPS) is 19.8. The minimum absolute atomic E-state index is 0.00805. The monoisotopic (exact) mass is 441 g/mol. The maximum atomic E-state index is 14.6. The summed E-state index contributed by atoms with van der Waals surface area (Å²) in [6.07, 6.45) is 10.9. The molecule has 0 unspecified atom stereocenters. The largest absolute Gasteiger partial charge is 0.368 e. The topological polar surface area (TPSA) is 47.6 Å². The number of benzene rings is 2. The van der Waals surface area contributed by atoms with Crippen LogP contribution in [0, 0.1) is 6.92 Å². The molecule has 2 aliphatic rings. The van der Waals surface area contributed by atoms with Gasteiger partial charge in [0.1, 0.15) is 0 Å². The van der Waals surface area contributed by atoms with Crippen LogP contribution in [-0.4, -0.2) is 12.2 Å². The summed E-state index contributed by atoms with van der Waals surface area (Å²) in [5.41, 5.74) is 3.05. The van der Waals surface area contributed by atoms with Crippen molar-refractivity contribution in [2.75, 3.05) is 5.32 Å². The van der Waals surface area contributed by atoms with Crippen molar-refractivity contribution in [1.82, 2.24) is 0 Å². The van der Waals surface area contributed by atoms with Gasteiger partial charge in [-0.2, -0.15) is 0 Å². The Morgan fingerprint density at radius 2 is 1.29 bits per heavy atom. The molecule has 2 fully saturated rings. The van der Waals surface area contributed by atoms with E-state index in [9.17, 15) is 4.57 Å². The molecule has 0 heterocycles. The average Bonchev–Trinajstić information content (AvgIpc) is 2.80. The Balaban J connectivity index is 1.67. The van der Waals surface area contributed by atoms with Crippen molar-refractivity contribution < 1.29 is 13.6 Å². The lowest BCUT2D eigenvalue weighted by molar-refractivity contribution is 0.0758. The fraction of sp³-hybridized carbons (Fsp3) is 0.538. The quantitative estimate of drug-likeness (QED) is 0.422. The van der Waals surface area contributed by atoms with Gasteiger partial charge in [0.05, 0.1) is 12.2 Å². The van der Waals surface area contributed by atoms with Gasteiger partial charge in [-0.15, -0.1) is 0 Å². The summed E-state index contributed by atoms with van der Waals surface area (Å²) in [6.45, 7) is 2.07. The van der Waals surface area contributed by atoms with Crippen molar-refractivity contribution in [2.24, 2.45) is 0 Å². The second-order valence-corrected chi connectivity index (χ2v) is 11.1. The maximum absolute atomic E-state index is 14.6. The second-order valence-electron chi connectivity index (χ2n) is 9.09. The molecule has 4 rings (SSSR count). The summed E-state index contributed by atoms with van der Waals surface area (Å²) in [5.74, 6) is -0.528. The van der Waals surface area contributed by atoms with Crippen LogP contribution in [0.15, 0.2) is 54.6 Å². The fourth-order valence-electron chi connectivity index (χ4n) is 4.69. The molecule has 1 N–H and O–H groups in total. The molecule has 2 aromatic rings. The van der Waals surface area contributed by atoms with Crippen LogP contribution >= 0.6 is 7.60 Å². The first-order valence-corrected chi connectivity index (χ1v) is 13.6. The number of hydrogen-bond donors (Lipinski definition) is 1. The van der Waals surface area contributed by atoms with Crippen LogP contribution < -0.4 is 5.32 Å². The Labute approximate surface area is 187 Å². The summed E-state index contributed by atoms with van der Waals surface area (Å²) < 4.78 is 27.6. The minimum Gasteiger partial charge on any atom is -0.368 e. The molecule has 1 atom stereocenters. The number of hydrogen-bond acceptors (Lipinski definition) is 4. The highest BCUT2D eigenvalue weighted by Gasteiger charge is 2.42. The van der Waals surface area contributed by atoms with E-state index in [0.717, 1.165) is 62.6 Å². The molecule has 0 bridgehead atoms. The molecule has 31 heavy (non-hydrogen) atoms. The van der Waals surface area contributed by atoms with E-state index in [2.05, 4.69) is 36.5 Å². The zero-order valence-corrected chi connectivity index (χ0v) is 19.6.